The summed E-state index contributed by atoms with van der Waals surface area (Å²) in [4.78, 5) is 0. The molecule has 1 aliphatic heterocycles. The van der Waals surface area contributed by atoms with Crippen LogP contribution in [0.25, 0.3) is 0 Å². The van der Waals surface area contributed by atoms with Gasteiger partial charge in [-0.25, -0.2) is 0 Å². The average Bonchev–Trinajstić information content (AvgIpc) is 3.13. The molecule has 4 unspecified atom stereocenters. The lowest BCUT2D eigenvalue weighted by molar-refractivity contribution is 0.143. The van der Waals surface area contributed by atoms with Crippen LogP contribution in [0.3, 0.4) is 0 Å². The Morgan fingerprint density at radius 3 is 2.71 bits per heavy atom. The maximum atomic E-state index is 9.88. The van der Waals surface area contributed by atoms with Crippen molar-refractivity contribution in [2.45, 2.75) is 44.2 Å². The molecule has 0 radical (unpaired) electrons. The van der Waals surface area contributed by atoms with Crippen LogP contribution in [0.2, 0.25) is 0 Å². The molecule has 1 aromatic carbocycles. The molecule has 3 rings (SSSR count). The first-order valence-corrected chi connectivity index (χ1v) is 8.49. The number of aliphatic hydroxyl groups is 1. The number of rotatable bonds is 6. The Morgan fingerprint density at radius 2 is 1.95 bits per heavy atom. The maximum absolute atomic E-state index is 9.88. The van der Waals surface area contributed by atoms with E-state index in [-0.39, 0.29) is 6.10 Å². The highest BCUT2D eigenvalue weighted by Crippen LogP contribution is 2.30. The summed E-state index contributed by atoms with van der Waals surface area (Å²) in [5.74, 6) is 1.19. The van der Waals surface area contributed by atoms with E-state index in [0.717, 1.165) is 25.6 Å². The third-order valence-corrected chi connectivity index (χ3v) is 5.25. The highest BCUT2D eigenvalue weighted by Gasteiger charge is 2.29. The van der Waals surface area contributed by atoms with Gasteiger partial charge in [0.2, 0.25) is 0 Å². The number of β-amino-alcohol motifs (C(OH)–C–C–N with tert-alkyl or cyclic N) is 1. The minimum atomic E-state index is -0.165. The first kappa shape index (κ1) is 15.0. The molecular weight excluding hydrogens is 260 g/mol. The van der Waals surface area contributed by atoms with Crippen LogP contribution in [0.15, 0.2) is 30.3 Å². The molecule has 0 spiro atoms. The van der Waals surface area contributed by atoms with E-state index < -0.39 is 0 Å². The molecular formula is C18H28N2O. The molecule has 3 N–H and O–H groups in total. The fraction of sp³-hybridized carbons (Fsp3) is 0.667. The molecule has 3 heteroatoms. The van der Waals surface area contributed by atoms with E-state index in [1.54, 1.807) is 0 Å². The Bertz CT molecular complexity index is 422. The van der Waals surface area contributed by atoms with Crippen LogP contribution in [0, 0.1) is 11.8 Å². The van der Waals surface area contributed by atoms with Gasteiger partial charge in [0.25, 0.3) is 0 Å². The van der Waals surface area contributed by atoms with Crippen molar-refractivity contribution >= 4 is 0 Å². The van der Waals surface area contributed by atoms with E-state index in [4.69, 9.17) is 0 Å². The Balaban J connectivity index is 1.44. The molecule has 4 atom stereocenters. The summed E-state index contributed by atoms with van der Waals surface area (Å²) in [6, 6.07) is 11.5. The summed E-state index contributed by atoms with van der Waals surface area (Å²) in [7, 11) is 0. The minimum Gasteiger partial charge on any atom is -0.391 e. The van der Waals surface area contributed by atoms with Crippen molar-refractivity contribution in [3.8, 4) is 0 Å². The molecule has 2 aliphatic rings. The van der Waals surface area contributed by atoms with Crippen molar-refractivity contribution in [1.29, 1.82) is 0 Å². The smallest absolute Gasteiger partial charge is 0.0716 e. The van der Waals surface area contributed by atoms with Crippen LogP contribution in [0.5, 0.6) is 0 Å². The second-order valence-electron chi connectivity index (χ2n) is 6.72. The van der Waals surface area contributed by atoms with Gasteiger partial charge in [-0.2, -0.15) is 0 Å². The summed E-state index contributed by atoms with van der Waals surface area (Å²) in [6.07, 6.45) is 6.32. The van der Waals surface area contributed by atoms with Crippen molar-refractivity contribution in [1.82, 2.24) is 10.6 Å². The molecule has 1 aliphatic carbocycles. The Kier molecular flexibility index (Phi) is 5.28. The van der Waals surface area contributed by atoms with Crippen molar-refractivity contribution in [3.05, 3.63) is 35.9 Å². The number of nitrogens with one attached hydrogen (secondary N) is 2. The van der Waals surface area contributed by atoms with Crippen LogP contribution in [-0.2, 0) is 6.42 Å². The Hall–Kier alpha value is -0.900. The largest absolute Gasteiger partial charge is 0.391 e. The lowest BCUT2D eigenvalue weighted by atomic mass is 9.94. The molecule has 116 valence electrons. The fourth-order valence-electron chi connectivity index (χ4n) is 3.88. The van der Waals surface area contributed by atoms with Gasteiger partial charge >= 0.3 is 0 Å². The molecule has 2 fully saturated rings. The predicted molar refractivity (Wildman–Crippen MR) is 86.3 cm³/mol. The number of aryl methyl sites for hydroxylation is 1. The third kappa shape index (κ3) is 4.06. The molecule has 1 heterocycles. The standard InChI is InChI=1S/C18H28N2O/c21-18-13-19-11-16(18)12-20-17-8-4-7-15(17)10-9-14-5-2-1-3-6-14/h1-3,5-6,15-21H,4,7-13H2. The second-order valence-corrected chi connectivity index (χ2v) is 6.72. The summed E-state index contributed by atoms with van der Waals surface area (Å²) in [5.41, 5.74) is 1.46. The van der Waals surface area contributed by atoms with Gasteiger partial charge in [-0.3, -0.25) is 0 Å². The van der Waals surface area contributed by atoms with Gasteiger partial charge in [0, 0.05) is 31.6 Å². The summed E-state index contributed by atoms with van der Waals surface area (Å²) < 4.78 is 0. The van der Waals surface area contributed by atoms with Gasteiger partial charge in [-0.15, -0.1) is 0 Å². The van der Waals surface area contributed by atoms with Crippen LogP contribution >= 0.6 is 0 Å². The molecule has 0 aromatic heterocycles. The van der Waals surface area contributed by atoms with E-state index in [9.17, 15) is 5.11 Å². The first-order chi connectivity index (χ1) is 10.3. The van der Waals surface area contributed by atoms with Crippen molar-refractivity contribution < 1.29 is 5.11 Å². The quantitative estimate of drug-likeness (QED) is 0.750. The zero-order chi connectivity index (χ0) is 14.5. The van der Waals surface area contributed by atoms with E-state index in [1.165, 1.54) is 37.7 Å². The van der Waals surface area contributed by atoms with Crippen LogP contribution < -0.4 is 10.6 Å². The van der Waals surface area contributed by atoms with Gasteiger partial charge < -0.3 is 15.7 Å². The lowest BCUT2D eigenvalue weighted by Gasteiger charge is -2.24. The highest BCUT2D eigenvalue weighted by atomic mass is 16.3. The van der Waals surface area contributed by atoms with Crippen LogP contribution in [-0.4, -0.2) is 36.9 Å². The molecule has 1 saturated heterocycles. The Labute approximate surface area is 128 Å². The molecule has 3 nitrogen and oxygen atoms in total. The average molecular weight is 288 g/mol. The molecule has 0 bridgehead atoms. The van der Waals surface area contributed by atoms with Gasteiger partial charge in [0.15, 0.2) is 0 Å². The maximum Gasteiger partial charge on any atom is 0.0716 e. The van der Waals surface area contributed by atoms with Gasteiger partial charge in [0.05, 0.1) is 6.10 Å². The molecule has 21 heavy (non-hydrogen) atoms. The number of benzene rings is 1. The second kappa shape index (κ2) is 7.39. The van der Waals surface area contributed by atoms with E-state index in [2.05, 4.69) is 41.0 Å². The van der Waals surface area contributed by atoms with Crippen LogP contribution in [0.1, 0.15) is 31.2 Å². The predicted octanol–water partition coefficient (Wildman–Crippen LogP) is 1.96. The number of hydrogen-bond donors (Lipinski definition) is 3. The zero-order valence-electron chi connectivity index (χ0n) is 12.8. The molecule has 1 aromatic rings. The first-order valence-electron chi connectivity index (χ1n) is 8.49. The molecule has 0 amide bonds. The van der Waals surface area contributed by atoms with Crippen molar-refractivity contribution in [2.24, 2.45) is 11.8 Å². The third-order valence-electron chi connectivity index (χ3n) is 5.25. The van der Waals surface area contributed by atoms with Gasteiger partial charge in [-0.1, -0.05) is 36.8 Å². The monoisotopic (exact) mass is 288 g/mol. The SMILES string of the molecule is OC1CNCC1CNC1CCCC1CCc1ccccc1. The van der Waals surface area contributed by atoms with Crippen LogP contribution in [0.4, 0.5) is 0 Å². The van der Waals surface area contributed by atoms with Gasteiger partial charge in [0.1, 0.15) is 0 Å². The fourth-order valence-corrected chi connectivity index (χ4v) is 3.88. The van der Waals surface area contributed by atoms with E-state index in [0.29, 0.717) is 12.0 Å². The van der Waals surface area contributed by atoms with Gasteiger partial charge in [-0.05, 0) is 37.2 Å². The Morgan fingerprint density at radius 1 is 1.10 bits per heavy atom. The minimum absolute atomic E-state index is 0.165. The number of hydrogen-bond acceptors (Lipinski definition) is 3. The highest BCUT2D eigenvalue weighted by molar-refractivity contribution is 5.14. The zero-order valence-corrected chi connectivity index (χ0v) is 12.8. The summed E-state index contributed by atoms with van der Waals surface area (Å²) >= 11 is 0. The van der Waals surface area contributed by atoms with E-state index in [1.807, 2.05) is 0 Å². The topological polar surface area (TPSA) is 44.3 Å². The van der Waals surface area contributed by atoms with Crippen molar-refractivity contribution in [2.75, 3.05) is 19.6 Å². The summed E-state index contributed by atoms with van der Waals surface area (Å²) in [6.45, 7) is 2.67. The lowest BCUT2D eigenvalue weighted by Crippen LogP contribution is -2.39. The normalized spacial score (nSPS) is 32.6. The number of aliphatic hydroxyl groups excluding tert-OH is 1. The summed E-state index contributed by atoms with van der Waals surface area (Å²) in [5, 5.41) is 16.9. The van der Waals surface area contributed by atoms with E-state index >= 15 is 0 Å². The van der Waals surface area contributed by atoms with Crippen molar-refractivity contribution in [3.63, 3.8) is 0 Å². The molecule has 1 saturated carbocycles.